The first-order chi connectivity index (χ1) is 7.96. The van der Waals surface area contributed by atoms with Crippen molar-refractivity contribution in [2.45, 2.75) is 37.5 Å². The van der Waals surface area contributed by atoms with Crippen molar-refractivity contribution in [2.24, 2.45) is 0 Å². The highest BCUT2D eigenvalue weighted by Crippen LogP contribution is 2.17. The van der Waals surface area contributed by atoms with Crippen LogP contribution >= 0.6 is 11.8 Å². The number of hydrogen-bond acceptors (Lipinski definition) is 6. The average molecular weight is 249 g/mol. The van der Waals surface area contributed by atoms with Crippen LogP contribution in [0.15, 0.2) is 5.16 Å². The summed E-state index contributed by atoms with van der Waals surface area (Å²) in [5.41, 5.74) is -0.0790. The van der Waals surface area contributed by atoms with Gasteiger partial charge in [-0.1, -0.05) is 23.6 Å². The molecule has 0 saturated heterocycles. The summed E-state index contributed by atoms with van der Waals surface area (Å²) >= 11 is 1.49. The standard InChI is InChI=1S/C11H15N5S/c1-11(2,3)16-9-13-8(12-7-5-6-7)14-10(15-9)17-4/h7H,1-4H3,(H2,12,13,14,15,16). The zero-order chi connectivity index (χ0) is 12.5. The van der Waals surface area contributed by atoms with Crippen LogP contribution in [-0.4, -0.2) is 32.8 Å². The Hall–Kier alpha value is -1.48. The molecule has 0 fully saturated rings. The van der Waals surface area contributed by atoms with Crippen LogP contribution in [0.4, 0.5) is 11.9 Å². The number of hydrogen-bond donors (Lipinski definition) is 2. The Morgan fingerprint density at radius 2 is 1.76 bits per heavy atom. The fourth-order valence-electron chi connectivity index (χ4n) is 1.15. The van der Waals surface area contributed by atoms with Crippen LogP contribution in [0.2, 0.25) is 0 Å². The third-order valence-electron chi connectivity index (χ3n) is 1.85. The van der Waals surface area contributed by atoms with Gasteiger partial charge in [0.25, 0.3) is 0 Å². The maximum absolute atomic E-state index is 4.31. The molecule has 0 bridgehead atoms. The van der Waals surface area contributed by atoms with Crippen LogP contribution < -0.4 is 10.6 Å². The summed E-state index contributed by atoms with van der Waals surface area (Å²) in [7, 11) is 0. The van der Waals surface area contributed by atoms with Gasteiger partial charge in [-0.3, -0.25) is 0 Å². The Morgan fingerprint density at radius 1 is 1.12 bits per heavy atom. The van der Waals surface area contributed by atoms with E-state index in [4.69, 9.17) is 0 Å². The van der Waals surface area contributed by atoms with Gasteiger partial charge in [-0.15, -0.1) is 0 Å². The van der Waals surface area contributed by atoms with Crippen LogP contribution in [0.3, 0.4) is 0 Å². The van der Waals surface area contributed by atoms with Crippen molar-refractivity contribution in [2.75, 3.05) is 16.9 Å². The molecule has 0 saturated carbocycles. The summed E-state index contributed by atoms with van der Waals surface area (Å²) < 4.78 is 0. The molecule has 0 radical (unpaired) electrons. The fraction of sp³-hybridized carbons (Fsp3) is 0.545. The first-order valence-electron chi connectivity index (χ1n) is 5.32. The van der Waals surface area contributed by atoms with Gasteiger partial charge in [0.05, 0.1) is 0 Å². The number of aromatic nitrogens is 3. The minimum Gasteiger partial charge on any atom is -0.349 e. The zero-order valence-electron chi connectivity index (χ0n) is 10.3. The van der Waals surface area contributed by atoms with Crippen molar-refractivity contribution in [3.8, 4) is 11.8 Å². The fourth-order valence-corrected chi connectivity index (χ4v) is 1.50. The second-order valence-electron chi connectivity index (χ2n) is 4.71. The first kappa shape index (κ1) is 12.0. The van der Waals surface area contributed by atoms with E-state index in [0.717, 1.165) is 0 Å². The summed E-state index contributed by atoms with van der Waals surface area (Å²) in [5, 5.41) is 7.00. The minimum atomic E-state index is -0.0790. The summed E-state index contributed by atoms with van der Waals surface area (Å²) in [6.07, 6.45) is 1.94. The predicted octanol–water partition coefficient (Wildman–Crippen LogP) is 1.60. The van der Waals surface area contributed by atoms with E-state index < -0.39 is 0 Å². The zero-order valence-corrected chi connectivity index (χ0v) is 11.1. The average Bonchev–Trinajstić information content (AvgIpc) is 2.98. The summed E-state index contributed by atoms with van der Waals surface area (Å²) in [4.78, 5) is 12.9. The highest BCUT2D eigenvalue weighted by atomic mass is 32.2. The topological polar surface area (TPSA) is 62.7 Å². The SMILES string of the molecule is CSc1nc(NC2C#C2)nc(NC(C)(C)C)n1. The lowest BCUT2D eigenvalue weighted by Gasteiger charge is -2.20. The predicted molar refractivity (Wildman–Crippen MR) is 70.2 cm³/mol. The molecule has 1 aliphatic rings. The van der Waals surface area contributed by atoms with Gasteiger partial charge < -0.3 is 10.6 Å². The van der Waals surface area contributed by atoms with Crippen molar-refractivity contribution < 1.29 is 0 Å². The van der Waals surface area contributed by atoms with Gasteiger partial charge in [-0.25, -0.2) is 0 Å². The number of nitrogens with zero attached hydrogens (tertiary/aromatic N) is 3. The van der Waals surface area contributed by atoms with Crippen LogP contribution in [-0.2, 0) is 0 Å². The van der Waals surface area contributed by atoms with Crippen molar-refractivity contribution in [3.63, 3.8) is 0 Å². The molecule has 2 N–H and O–H groups in total. The highest BCUT2D eigenvalue weighted by Gasteiger charge is 2.16. The molecule has 0 unspecified atom stereocenters. The Labute approximate surface area is 105 Å². The number of anilines is 2. The van der Waals surface area contributed by atoms with Crippen LogP contribution in [0, 0.1) is 11.8 Å². The second-order valence-corrected chi connectivity index (χ2v) is 5.48. The van der Waals surface area contributed by atoms with E-state index in [0.29, 0.717) is 17.1 Å². The van der Waals surface area contributed by atoms with Gasteiger partial charge in [0.2, 0.25) is 11.9 Å². The first-order valence-corrected chi connectivity index (χ1v) is 6.54. The van der Waals surface area contributed by atoms with E-state index in [1.165, 1.54) is 11.8 Å². The molecule has 1 heterocycles. The number of rotatable bonds is 4. The maximum Gasteiger partial charge on any atom is 0.230 e. The maximum atomic E-state index is 4.31. The van der Waals surface area contributed by atoms with Crippen molar-refractivity contribution in [1.29, 1.82) is 0 Å². The molecule has 5 nitrogen and oxygen atoms in total. The summed E-state index contributed by atoms with van der Waals surface area (Å²) in [6, 6.07) is 0.0505. The molecule has 0 atom stereocenters. The minimum absolute atomic E-state index is 0.0505. The molecule has 1 aromatic rings. The van der Waals surface area contributed by atoms with Crippen LogP contribution in [0.5, 0.6) is 0 Å². The largest absolute Gasteiger partial charge is 0.349 e. The van der Waals surface area contributed by atoms with Crippen molar-refractivity contribution in [1.82, 2.24) is 15.0 Å². The van der Waals surface area contributed by atoms with Gasteiger partial charge in [0.15, 0.2) is 11.2 Å². The van der Waals surface area contributed by atoms with Crippen molar-refractivity contribution in [3.05, 3.63) is 0 Å². The van der Waals surface area contributed by atoms with Gasteiger partial charge in [-0.05, 0) is 27.0 Å². The molecule has 2 rings (SSSR count). The lowest BCUT2D eigenvalue weighted by atomic mass is 10.1. The Bertz CT molecular complexity index is 475. The third kappa shape index (κ3) is 3.79. The van der Waals surface area contributed by atoms with Gasteiger partial charge in [-0.2, -0.15) is 15.0 Å². The lowest BCUT2D eigenvalue weighted by Crippen LogP contribution is -2.28. The third-order valence-corrected chi connectivity index (χ3v) is 2.39. The van der Waals surface area contributed by atoms with E-state index in [1.54, 1.807) is 0 Å². The quantitative estimate of drug-likeness (QED) is 0.624. The highest BCUT2D eigenvalue weighted by molar-refractivity contribution is 7.98. The molecule has 17 heavy (non-hydrogen) atoms. The molecule has 1 aliphatic carbocycles. The molecule has 0 aromatic carbocycles. The number of nitrogens with one attached hydrogen (secondary N) is 2. The van der Waals surface area contributed by atoms with E-state index in [9.17, 15) is 0 Å². The van der Waals surface area contributed by atoms with Crippen LogP contribution in [0.25, 0.3) is 0 Å². The Balaban J connectivity index is 2.18. The molecular weight excluding hydrogens is 234 g/mol. The smallest absolute Gasteiger partial charge is 0.230 e. The Kier molecular flexibility index (Phi) is 3.11. The van der Waals surface area contributed by atoms with Gasteiger partial charge in [0, 0.05) is 5.54 Å². The Morgan fingerprint density at radius 3 is 2.29 bits per heavy atom. The molecule has 0 aliphatic heterocycles. The monoisotopic (exact) mass is 249 g/mol. The molecule has 90 valence electrons. The van der Waals surface area contributed by atoms with E-state index in [-0.39, 0.29) is 11.6 Å². The molecule has 6 heteroatoms. The molecule has 0 spiro atoms. The summed E-state index contributed by atoms with van der Waals surface area (Å²) in [5.74, 6) is 6.94. The van der Waals surface area contributed by atoms with E-state index in [2.05, 4.69) is 58.2 Å². The van der Waals surface area contributed by atoms with Gasteiger partial charge >= 0.3 is 0 Å². The molecule has 0 amide bonds. The van der Waals surface area contributed by atoms with E-state index >= 15 is 0 Å². The van der Waals surface area contributed by atoms with E-state index in [1.807, 2.05) is 6.26 Å². The van der Waals surface area contributed by atoms with Gasteiger partial charge in [0.1, 0.15) is 0 Å². The van der Waals surface area contributed by atoms with Crippen LogP contribution in [0.1, 0.15) is 20.8 Å². The molecular formula is C11H15N5S. The molecule has 1 aromatic heterocycles. The normalized spacial score (nSPS) is 13.9. The summed E-state index contributed by atoms with van der Waals surface area (Å²) in [6.45, 7) is 6.19. The lowest BCUT2D eigenvalue weighted by molar-refractivity contribution is 0.622. The van der Waals surface area contributed by atoms with Crippen molar-refractivity contribution >= 4 is 23.7 Å². The number of thioether (sulfide) groups is 1. The second kappa shape index (κ2) is 4.41.